The minimum Gasteiger partial charge on any atom is -0.370 e. The Hall–Kier alpha value is -1.27. The van der Waals surface area contributed by atoms with E-state index in [-0.39, 0.29) is 0 Å². The summed E-state index contributed by atoms with van der Waals surface area (Å²) in [5.74, 6) is 1.62. The summed E-state index contributed by atoms with van der Waals surface area (Å²) in [4.78, 5) is 8.89. The highest BCUT2D eigenvalue weighted by Crippen LogP contribution is 2.27. The molecule has 0 unspecified atom stereocenters. The van der Waals surface area contributed by atoms with Gasteiger partial charge in [-0.15, -0.1) is 0 Å². The van der Waals surface area contributed by atoms with E-state index in [2.05, 4.69) is 55.6 Å². The van der Waals surface area contributed by atoms with Crippen molar-refractivity contribution in [3.8, 4) is 0 Å². The van der Waals surface area contributed by atoms with Crippen molar-refractivity contribution in [1.82, 2.24) is 9.97 Å². The summed E-state index contributed by atoms with van der Waals surface area (Å²) in [5.41, 5.74) is 2.19. The van der Waals surface area contributed by atoms with Crippen molar-refractivity contribution in [3.63, 3.8) is 0 Å². The van der Waals surface area contributed by atoms with E-state index >= 15 is 0 Å². The van der Waals surface area contributed by atoms with Crippen molar-refractivity contribution in [3.05, 3.63) is 34.3 Å². The molecule has 1 aromatic carbocycles. The van der Waals surface area contributed by atoms with E-state index in [1.807, 2.05) is 25.3 Å². The van der Waals surface area contributed by atoms with Crippen LogP contribution >= 0.6 is 27.7 Å². The van der Waals surface area contributed by atoms with Crippen LogP contribution in [0.25, 0.3) is 0 Å². The molecule has 2 rings (SSSR count). The van der Waals surface area contributed by atoms with E-state index in [9.17, 15) is 0 Å². The van der Waals surface area contributed by atoms with Crippen LogP contribution < -0.4 is 10.6 Å². The first-order valence-electron chi connectivity index (χ1n) is 6.32. The molecule has 20 heavy (non-hydrogen) atoms. The molecule has 0 spiro atoms. The molecule has 4 nitrogen and oxygen atoms in total. The van der Waals surface area contributed by atoms with Crippen molar-refractivity contribution < 1.29 is 0 Å². The highest BCUT2D eigenvalue weighted by molar-refractivity contribution is 9.10. The summed E-state index contributed by atoms with van der Waals surface area (Å²) >= 11 is 5.07. The predicted octanol–water partition coefficient (Wildman–Crippen LogP) is 4.44. The normalized spacial score (nSPS) is 10.4. The number of nitrogens with one attached hydrogen (secondary N) is 2. The van der Waals surface area contributed by atoms with Crippen molar-refractivity contribution in [2.45, 2.75) is 19.0 Å². The lowest BCUT2D eigenvalue weighted by molar-refractivity contribution is 0.967. The molecule has 0 aliphatic heterocycles. The van der Waals surface area contributed by atoms with Crippen LogP contribution in [0.4, 0.5) is 17.3 Å². The monoisotopic (exact) mass is 352 g/mol. The summed E-state index contributed by atoms with van der Waals surface area (Å²) < 4.78 is 1.01. The quantitative estimate of drug-likeness (QED) is 0.615. The topological polar surface area (TPSA) is 49.8 Å². The zero-order chi connectivity index (χ0) is 14.5. The fraction of sp³-hybridized carbons (Fsp3) is 0.286. The van der Waals surface area contributed by atoms with Gasteiger partial charge in [-0.2, -0.15) is 0 Å². The average Bonchev–Trinajstić information content (AvgIpc) is 2.43. The van der Waals surface area contributed by atoms with Crippen LogP contribution in [0, 0.1) is 6.92 Å². The molecule has 1 heterocycles. The molecule has 0 saturated carbocycles. The average molecular weight is 353 g/mol. The summed E-state index contributed by atoms with van der Waals surface area (Å²) in [6.45, 7) is 4.94. The van der Waals surface area contributed by atoms with Gasteiger partial charge in [-0.1, -0.05) is 17.8 Å². The SMILES string of the molecule is CCNc1cc(Nc2cc(C)ccc2Br)nc(SC)n1. The Morgan fingerprint density at radius 1 is 1.20 bits per heavy atom. The van der Waals surface area contributed by atoms with Crippen LogP contribution in [0.3, 0.4) is 0 Å². The number of nitrogens with zero attached hydrogens (tertiary/aromatic N) is 2. The summed E-state index contributed by atoms with van der Waals surface area (Å²) in [5, 5.41) is 7.30. The molecule has 0 aliphatic carbocycles. The minimum absolute atomic E-state index is 0.745. The fourth-order valence-electron chi connectivity index (χ4n) is 1.73. The molecule has 0 atom stereocenters. The van der Waals surface area contributed by atoms with Crippen LogP contribution in [0.2, 0.25) is 0 Å². The van der Waals surface area contributed by atoms with Crippen LogP contribution in [-0.4, -0.2) is 22.8 Å². The minimum atomic E-state index is 0.745. The van der Waals surface area contributed by atoms with Gasteiger partial charge < -0.3 is 10.6 Å². The van der Waals surface area contributed by atoms with Crippen molar-refractivity contribution in [2.24, 2.45) is 0 Å². The van der Waals surface area contributed by atoms with Crippen LogP contribution in [0.15, 0.2) is 33.9 Å². The lowest BCUT2D eigenvalue weighted by atomic mass is 10.2. The third-order valence-corrected chi connectivity index (χ3v) is 3.87. The van der Waals surface area contributed by atoms with E-state index in [1.54, 1.807) is 0 Å². The second kappa shape index (κ2) is 6.95. The maximum Gasteiger partial charge on any atom is 0.191 e. The van der Waals surface area contributed by atoms with Gasteiger partial charge in [-0.25, -0.2) is 9.97 Å². The molecular weight excluding hydrogens is 336 g/mol. The second-order valence-corrected chi connectivity index (χ2v) is 5.89. The van der Waals surface area contributed by atoms with Crippen molar-refractivity contribution >= 4 is 45.0 Å². The zero-order valence-electron chi connectivity index (χ0n) is 11.7. The first-order chi connectivity index (χ1) is 9.62. The van der Waals surface area contributed by atoms with Crippen LogP contribution in [0.1, 0.15) is 12.5 Å². The Labute approximate surface area is 131 Å². The van der Waals surface area contributed by atoms with Crippen molar-refractivity contribution in [2.75, 3.05) is 23.4 Å². The number of aryl methyl sites for hydroxylation is 1. The Balaban J connectivity index is 2.32. The first-order valence-corrected chi connectivity index (χ1v) is 8.34. The fourth-order valence-corrected chi connectivity index (χ4v) is 2.45. The zero-order valence-corrected chi connectivity index (χ0v) is 14.1. The number of hydrogen-bond acceptors (Lipinski definition) is 5. The number of thioether (sulfide) groups is 1. The van der Waals surface area contributed by atoms with Gasteiger partial charge in [0.05, 0.1) is 5.69 Å². The number of halogens is 1. The number of rotatable bonds is 5. The van der Waals surface area contributed by atoms with E-state index in [0.29, 0.717) is 0 Å². The lowest BCUT2D eigenvalue weighted by Crippen LogP contribution is -2.04. The molecule has 0 aliphatic rings. The largest absolute Gasteiger partial charge is 0.370 e. The molecule has 2 aromatic rings. The third-order valence-electron chi connectivity index (χ3n) is 2.63. The van der Waals surface area contributed by atoms with Gasteiger partial charge >= 0.3 is 0 Å². The van der Waals surface area contributed by atoms with Gasteiger partial charge in [0, 0.05) is 17.1 Å². The highest BCUT2D eigenvalue weighted by Gasteiger charge is 2.06. The first kappa shape index (κ1) is 15.1. The molecule has 106 valence electrons. The van der Waals surface area contributed by atoms with E-state index in [0.717, 1.165) is 33.5 Å². The van der Waals surface area contributed by atoms with Gasteiger partial charge in [0.1, 0.15) is 11.6 Å². The van der Waals surface area contributed by atoms with Gasteiger partial charge in [0.25, 0.3) is 0 Å². The summed E-state index contributed by atoms with van der Waals surface area (Å²) in [7, 11) is 0. The maximum atomic E-state index is 4.48. The molecule has 0 fully saturated rings. The molecular formula is C14H17BrN4S. The van der Waals surface area contributed by atoms with Crippen molar-refractivity contribution in [1.29, 1.82) is 0 Å². The number of benzene rings is 1. The summed E-state index contributed by atoms with van der Waals surface area (Å²) in [6, 6.07) is 8.09. The van der Waals surface area contributed by atoms with E-state index in [1.165, 1.54) is 17.3 Å². The van der Waals surface area contributed by atoms with Gasteiger partial charge in [-0.05, 0) is 53.7 Å². The molecule has 0 bridgehead atoms. The van der Waals surface area contributed by atoms with Gasteiger partial charge in [0.15, 0.2) is 5.16 Å². The predicted molar refractivity (Wildman–Crippen MR) is 90.1 cm³/mol. The Bertz CT molecular complexity index is 604. The highest BCUT2D eigenvalue weighted by atomic mass is 79.9. The number of anilines is 3. The molecule has 2 N–H and O–H groups in total. The summed E-state index contributed by atoms with van der Waals surface area (Å²) in [6.07, 6.45) is 1.97. The number of aromatic nitrogens is 2. The smallest absolute Gasteiger partial charge is 0.191 e. The second-order valence-electron chi connectivity index (χ2n) is 4.26. The van der Waals surface area contributed by atoms with Crippen LogP contribution in [-0.2, 0) is 0 Å². The van der Waals surface area contributed by atoms with E-state index in [4.69, 9.17) is 0 Å². The third kappa shape index (κ3) is 3.86. The Kier molecular flexibility index (Phi) is 5.25. The van der Waals surface area contributed by atoms with Gasteiger partial charge in [0.2, 0.25) is 0 Å². The van der Waals surface area contributed by atoms with Gasteiger partial charge in [-0.3, -0.25) is 0 Å². The number of hydrogen-bond donors (Lipinski definition) is 2. The maximum absolute atomic E-state index is 4.48. The molecule has 1 aromatic heterocycles. The van der Waals surface area contributed by atoms with E-state index < -0.39 is 0 Å². The molecule has 0 radical (unpaired) electrons. The van der Waals surface area contributed by atoms with Crippen LogP contribution in [0.5, 0.6) is 0 Å². The molecule has 0 saturated heterocycles. The Morgan fingerprint density at radius 3 is 2.65 bits per heavy atom. The molecule has 6 heteroatoms. The standard InChI is InChI=1S/C14H17BrN4S/c1-4-16-12-8-13(19-14(18-12)20-3)17-11-7-9(2)5-6-10(11)15/h5-8H,4H2,1-3H3,(H2,16,17,18,19). The Morgan fingerprint density at radius 2 is 1.95 bits per heavy atom. The lowest BCUT2D eigenvalue weighted by Gasteiger charge is -2.11. The molecule has 0 amide bonds.